The molecule has 0 amide bonds. The summed E-state index contributed by atoms with van der Waals surface area (Å²) in [5.41, 5.74) is 59.9. The number of hydrogen-bond donors (Lipinski definition) is 10. The van der Waals surface area contributed by atoms with Crippen LogP contribution in [0.3, 0.4) is 0 Å². The minimum Gasteiger partial charge on any atom is -0.382 e. The van der Waals surface area contributed by atoms with Crippen LogP contribution < -0.4 is 28.7 Å². The quantitative estimate of drug-likeness (QED) is 0.0456. The van der Waals surface area contributed by atoms with Crippen LogP contribution in [0.1, 0.15) is 104 Å². The maximum atomic E-state index is 14.2. The Bertz CT molecular complexity index is 8030. The van der Waals surface area contributed by atoms with Crippen molar-refractivity contribution in [1.82, 2.24) is 99.3 Å². The van der Waals surface area contributed by atoms with E-state index in [-0.39, 0.29) is 11.6 Å². The van der Waals surface area contributed by atoms with E-state index in [0.29, 0.717) is 76.9 Å². The van der Waals surface area contributed by atoms with E-state index in [4.69, 9.17) is 65.2 Å². The summed E-state index contributed by atoms with van der Waals surface area (Å²) in [4.78, 5) is 75.0. The molecule has 0 radical (unpaired) electrons. The number of nitrogens with zero attached hydrogens (tertiary/aromatic N) is 16. The fourth-order valence-electron chi connectivity index (χ4n) is 19.9. The largest absolute Gasteiger partial charge is 0.382 e. The number of nitrogens with two attached hydrogens (primary N) is 5. The lowest BCUT2D eigenvalue weighted by Crippen LogP contribution is -2.17. The molecule has 0 saturated carbocycles. The fourth-order valence-corrected chi connectivity index (χ4v) is 20.1. The first-order chi connectivity index (χ1) is 68.5. The van der Waals surface area contributed by atoms with Crippen molar-refractivity contribution in [2.24, 2.45) is 0 Å². The molecule has 15 heterocycles. The molecule has 0 atom stereocenters. The Hall–Kier alpha value is -17.1. The first-order valence-corrected chi connectivity index (χ1v) is 47.7. The van der Waals surface area contributed by atoms with Crippen molar-refractivity contribution in [1.29, 1.82) is 5.26 Å². The molecule has 5 aliphatic rings. The average molecular weight is 1890 g/mol. The molecule has 141 heavy (non-hydrogen) atoms. The summed E-state index contributed by atoms with van der Waals surface area (Å²) < 4.78 is 27.7. The van der Waals surface area contributed by atoms with Gasteiger partial charge in [0.15, 0.2) is 0 Å². The summed E-state index contributed by atoms with van der Waals surface area (Å²) in [7, 11) is 0. The number of H-pyrrole nitrogens is 5. The molecule has 702 valence electrons. The first-order valence-electron chi connectivity index (χ1n) is 47.4. The molecule has 0 aliphatic carbocycles. The summed E-state index contributed by atoms with van der Waals surface area (Å²) in [5.74, 6) is 6.01. The molecule has 29 heteroatoms. The number of likely N-dealkylation sites (tertiary alicyclic amines) is 5. The first kappa shape index (κ1) is 90.4. The number of imidazole rings is 5. The number of nitrogens with one attached hydrogen (secondary N) is 5. The van der Waals surface area contributed by atoms with E-state index in [1.165, 1.54) is 40.7 Å². The van der Waals surface area contributed by atoms with Gasteiger partial charge < -0.3 is 78.1 Å². The Kier molecular flexibility index (Phi) is 24.5. The van der Waals surface area contributed by atoms with Crippen molar-refractivity contribution in [3.05, 3.63) is 331 Å². The second-order valence-corrected chi connectivity index (χ2v) is 37.0. The number of aromatic amines is 5. The Balaban J connectivity index is 0.000000104. The summed E-state index contributed by atoms with van der Waals surface area (Å²) in [5, 5.41) is 14.9. The number of aryl methyl sites for hydroxylation is 1. The molecule has 0 unspecified atom stereocenters. The predicted molar refractivity (Wildman–Crippen MR) is 565 cm³/mol. The molecule has 10 aromatic carbocycles. The van der Waals surface area contributed by atoms with Crippen LogP contribution in [-0.4, -0.2) is 132 Å². The zero-order valence-electron chi connectivity index (χ0n) is 78.1. The smallest absolute Gasteiger partial charge is 0.150 e. The summed E-state index contributed by atoms with van der Waals surface area (Å²) in [6, 6.07) is 69.2. The minimum absolute atomic E-state index is 0.260. The monoisotopic (exact) mass is 1880 g/mol. The Morgan fingerprint density at radius 2 is 0.603 bits per heavy atom. The van der Waals surface area contributed by atoms with Crippen molar-refractivity contribution in [3.63, 3.8) is 0 Å². The highest BCUT2D eigenvalue weighted by Crippen LogP contribution is 2.41. The van der Waals surface area contributed by atoms with E-state index < -0.39 is 0 Å². The van der Waals surface area contributed by atoms with E-state index in [1.807, 2.05) is 127 Å². The predicted octanol–water partition coefficient (Wildman–Crippen LogP) is 23.5. The number of benzene rings is 10. The van der Waals surface area contributed by atoms with Crippen molar-refractivity contribution in [2.45, 2.75) is 104 Å². The molecule has 10 aromatic heterocycles. The van der Waals surface area contributed by atoms with E-state index in [9.17, 15) is 14.0 Å². The summed E-state index contributed by atoms with van der Waals surface area (Å²) >= 11 is 6.36. The van der Waals surface area contributed by atoms with Crippen LogP contribution in [0, 0.1) is 29.9 Å². The van der Waals surface area contributed by atoms with Crippen LogP contribution in [-0.2, 0) is 32.7 Å². The molecular weight excluding hydrogens is 1780 g/mol. The zero-order chi connectivity index (χ0) is 97.0. The van der Waals surface area contributed by atoms with Crippen LogP contribution in [0.5, 0.6) is 0 Å². The van der Waals surface area contributed by atoms with Crippen molar-refractivity contribution in [3.8, 4) is 61.7 Å². The molecule has 15 N–H and O–H groups in total. The number of halogens is 3. The number of fused-ring (bicyclic) bond motifs is 15. The number of anilines is 5. The Labute approximate surface area is 816 Å². The van der Waals surface area contributed by atoms with E-state index in [0.717, 1.165) is 298 Å². The second-order valence-electron chi connectivity index (χ2n) is 36.6. The van der Waals surface area contributed by atoms with Gasteiger partial charge >= 0.3 is 0 Å². The van der Waals surface area contributed by atoms with Gasteiger partial charge in [-0.15, -0.1) is 0 Å². The fraction of sp³-hybridized carbons (Fsp3) is 0.188. The van der Waals surface area contributed by atoms with Gasteiger partial charge in [-0.2, -0.15) is 5.26 Å². The van der Waals surface area contributed by atoms with E-state index in [1.54, 1.807) is 18.2 Å². The third-order valence-electron chi connectivity index (χ3n) is 27.3. The second kappa shape index (κ2) is 38.1. The number of rotatable bonds is 15. The van der Waals surface area contributed by atoms with Crippen LogP contribution in [0.25, 0.3) is 165 Å². The maximum Gasteiger partial charge on any atom is 0.150 e. The number of nitriles is 1. The lowest BCUT2D eigenvalue weighted by molar-refractivity contribution is 0.378. The molecule has 20 aromatic rings. The molecule has 0 spiro atoms. The molecule has 0 bridgehead atoms. The summed E-state index contributed by atoms with van der Waals surface area (Å²) in [6.07, 6.45) is 10.9. The van der Waals surface area contributed by atoms with Crippen LogP contribution in [0.15, 0.2) is 274 Å². The highest BCUT2D eigenvalue weighted by Gasteiger charge is 2.27. The lowest BCUT2D eigenvalue weighted by atomic mass is 9.99. The normalized spacial score (nSPS) is 14.4. The summed E-state index contributed by atoms with van der Waals surface area (Å²) in [6.45, 7) is 31.3. The van der Waals surface area contributed by atoms with Crippen molar-refractivity contribution < 1.29 is 8.78 Å². The SMILES string of the molecule is C=C1CCCN1Cc1nc2c([nH]1)c(N)nc1cc(-c3cccc(F)c3)ccc12.C=C1CCCN1Cc1nc2c([nH]1)c(N)nc1cc(-c3ccccc3C#N)ccc12.C=C1CCCN1Cc1nc2c([nH]1)c(N)nc1cc(-c3ccccc3C)ccc12.C=C1CCCN1Cc1nc2c([nH]1)c(N)nc1cc(-c3ccccc3Cl)ccc12.C=C1CCCN1Cc1nc2c([nH]1)c(N)nc1cc(-c3ccccc3F)ccc12. The number of hydrogen-bond acceptors (Lipinski definition) is 21. The van der Waals surface area contributed by atoms with Crippen LogP contribution in [0.4, 0.5) is 37.9 Å². The van der Waals surface area contributed by atoms with Gasteiger partial charge in [0.05, 0.1) is 71.9 Å². The molecule has 5 fully saturated rings. The van der Waals surface area contributed by atoms with Gasteiger partial charge in [0.25, 0.3) is 0 Å². The third kappa shape index (κ3) is 18.2. The molecular formula is C112H103ClF2N26. The Morgan fingerprint density at radius 3 is 0.929 bits per heavy atom. The number of allylic oxidation sites excluding steroid dienone is 5. The number of aromatic nitrogens is 15. The van der Waals surface area contributed by atoms with E-state index >= 15 is 0 Å². The number of nitrogen functional groups attached to an aromatic ring is 5. The van der Waals surface area contributed by atoms with Crippen molar-refractivity contribution >= 4 is 150 Å². The molecule has 5 aliphatic heterocycles. The van der Waals surface area contributed by atoms with Crippen LogP contribution in [0.2, 0.25) is 5.02 Å². The standard InChI is InChI=1S/C23H20N6.C23H23N5.C22H20ClN5.2C22H20FN5/c1-14-5-4-10-29(14)13-20-27-21-18-9-8-15(17-7-3-2-6-16(17)12-24)11-19(18)26-23(25)22(21)28-20;1-14-6-3-4-8-17(14)16-9-10-18-19(12-16)25-23(24)22-21(18)26-20(27-22)13-28-11-5-7-15(28)2;1-13-5-4-10-28(13)12-19-26-20-16-9-8-14(15-6-2-3-7-17(15)23)11-18(16)25-22(24)21(20)27-19;1-13-4-3-9-28(13)12-19-26-20-17-8-7-15(14-5-2-6-16(23)10-14)11-18(17)25-22(24)21(20)27-19;1-13-5-4-10-28(13)12-19-26-20-16-9-8-14(15-6-2-3-7-17(15)23)11-18(16)25-22(24)21(20)27-19/h2-3,6-9,11H,1,4-5,10,13H2,(H2,25,26)(H,27,28);3-4,6,8-10,12H,2,5,7,11,13H2,1H3,(H2,24,25)(H,26,27);2-3,6-9,11H,1,4-5,10,12H2,(H2,24,25)(H,26,27);2,5-8,10-11H,1,3-4,9,12H2,(H2,24,25)(H,26,27);2-3,6-9,11H,1,4-5,10,12H2,(H2,24,25)(H,26,27). The highest BCUT2D eigenvalue weighted by atomic mass is 35.5. The van der Waals surface area contributed by atoms with Gasteiger partial charge in [-0.3, -0.25) is 0 Å². The van der Waals surface area contributed by atoms with Crippen LogP contribution >= 0.6 is 11.6 Å². The average Bonchev–Trinajstić information content (AvgIpc) is 1.68. The van der Waals surface area contributed by atoms with Gasteiger partial charge in [0.2, 0.25) is 0 Å². The minimum atomic E-state index is -0.263. The Morgan fingerprint density at radius 1 is 0.319 bits per heavy atom. The van der Waals surface area contributed by atoms with E-state index in [2.05, 4.69) is 169 Å². The molecule has 5 saturated heterocycles. The van der Waals surface area contributed by atoms with Gasteiger partial charge in [-0.25, -0.2) is 58.6 Å². The number of pyridine rings is 5. The van der Waals surface area contributed by atoms with Gasteiger partial charge in [-0.1, -0.05) is 166 Å². The van der Waals surface area contributed by atoms with Gasteiger partial charge in [0.1, 0.15) is 125 Å². The van der Waals surface area contributed by atoms with Crippen molar-refractivity contribution in [2.75, 3.05) is 61.4 Å². The maximum absolute atomic E-state index is 14.2. The molecule has 25 rings (SSSR count). The molecule has 26 nitrogen and oxygen atoms in total. The third-order valence-corrected chi connectivity index (χ3v) is 27.6. The highest BCUT2D eigenvalue weighted by molar-refractivity contribution is 6.33. The van der Waals surface area contributed by atoms with Gasteiger partial charge in [-0.05, 0) is 212 Å². The zero-order valence-corrected chi connectivity index (χ0v) is 78.8. The van der Waals surface area contributed by atoms with Gasteiger partial charge in [0, 0.05) is 104 Å². The lowest BCUT2D eigenvalue weighted by Gasteiger charge is -2.16. The topological polar surface area (TPSA) is 378 Å².